The van der Waals surface area contributed by atoms with Crippen molar-refractivity contribution in [1.82, 2.24) is 9.97 Å². The van der Waals surface area contributed by atoms with Gasteiger partial charge in [-0.05, 0) is 34.0 Å². The number of aldehydes is 1. The molecule has 1 aromatic heterocycles. The smallest absolute Gasteiger partial charge is 0.224 e. The van der Waals surface area contributed by atoms with E-state index >= 15 is 0 Å². The summed E-state index contributed by atoms with van der Waals surface area (Å²) in [5.41, 5.74) is 0. The molecule has 0 aliphatic rings. The van der Waals surface area contributed by atoms with Gasteiger partial charge in [0.2, 0.25) is 5.28 Å². The molecule has 6 heteroatoms. The molecular weight excluding hydrogens is 269 g/mol. The van der Waals surface area contributed by atoms with E-state index < -0.39 is 0 Å². The molecule has 0 fully saturated rings. The molecule has 4 nitrogen and oxygen atoms in total. The van der Waals surface area contributed by atoms with Gasteiger partial charge in [0.1, 0.15) is 12.1 Å². The molecule has 0 aliphatic carbocycles. The van der Waals surface area contributed by atoms with Crippen LogP contribution in [0.1, 0.15) is 13.3 Å². The van der Waals surface area contributed by atoms with Crippen LogP contribution in [0.4, 0.5) is 5.82 Å². The number of carbonyl (C=O) groups excluding carboxylic acids is 1. The largest absolute Gasteiger partial charge is 0.359 e. The fraction of sp³-hybridized carbons (Fsp3) is 0.375. The van der Waals surface area contributed by atoms with Crippen LogP contribution in [0.25, 0.3) is 0 Å². The van der Waals surface area contributed by atoms with Gasteiger partial charge in [0.05, 0.1) is 10.5 Å². The Balaban J connectivity index is 2.84. The van der Waals surface area contributed by atoms with E-state index in [1.807, 2.05) is 6.92 Å². The van der Waals surface area contributed by atoms with Crippen LogP contribution >= 0.6 is 27.5 Å². The summed E-state index contributed by atoms with van der Waals surface area (Å²) >= 11 is 8.87. The van der Waals surface area contributed by atoms with E-state index in [9.17, 15) is 4.79 Å². The highest BCUT2D eigenvalue weighted by atomic mass is 79.9. The van der Waals surface area contributed by atoms with Crippen LogP contribution in [0.5, 0.6) is 0 Å². The quantitative estimate of drug-likeness (QED) is 0.678. The molecule has 14 heavy (non-hydrogen) atoms. The monoisotopic (exact) mass is 277 g/mol. The van der Waals surface area contributed by atoms with Crippen LogP contribution in [0.2, 0.25) is 5.28 Å². The van der Waals surface area contributed by atoms with Crippen molar-refractivity contribution in [3.63, 3.8) is 0 Å². The first-order chi connectivity index (χ1) is 6.67. The van der Waals surface area contributed by atoms with Crippen molar-refractivity contribution in [2.45, 2.75) is 19.4 Å². The second-order valence-electron chi connectivity index (χ2n) is 2.63. The Morgan fingerprint density at radius 2 is 2.50 bits per heavy atom. The minimum atomic E-state index is -0.253. The van der Waals surface area contributed by atoms with Crippen LogP contribution in [0.15, 0.2) is 10.7 Å². The Labute approximate surface area is 95.2 Å². The van der Waals surface area contributed by atoms with E-state index in [0.717, 1.165) is 6.29 Å². The van der Waals surface area contributed by atoms with Crippen molar-refractivity contribution in [2.24, 2.45) is 0 Å². The molecule has 0 aliphatic heterocycles. The van der Waals surface area contributed by atoms with Crippen LogP contribution in [0.3, 0.4) is 0 Å². The van der Waals surface area contributed by atoms with E-state index in [0.29, 0.717) is 16.7 Å². The lowest BCUT2D eigenvalue weighted by atomic mass is 10.2. The molecule has 0 aromatic carbocycles. The van der Waals surface area contributed by atoms with Gasteiger partial charge in [0, 0.05) is 6.20 Å². The molecule has 0 bridgehead atoms. The first-order valence-electron chi connectivity index (χ1n) is 4.07. The molecule has 76 valence electrons. The number of nitrogens with one attached hydrogen (secondary N) is 1. The molecule has 1 heterocycles. The molecule has 0 saturated heterocycles. The summed E-state index contributed by atoms with van der Waals surface area (Å²) < 4.78 is 0.683. The zero-order valence-corrected chi connectivity index (χ0v) is 9.84. The SMILES string of the molecule is CCC(C=O)Nc1nc(Cl)ncc1Br. The first kappa shape index (κ1) is 11.4. The fourth-order valence-electron chi connectivity index (χ4n) is 0.855. The van der Waals surface area contributed by atoms with Gasteiger partial charge in [-0.25, -0.2) is 4.98 Å². The Hall–Kier alpha value is -0.680. The topological polar surface area (TPSA) is 54.9 Å². The molecule has 0 radical (unpaired) electrons. The molecule has 1 atom stereocenters. The zero-order valence-electron chi connectivity index (χ0n) is 7.50. The Kier molecular flexibility index (Phi) is 4.28. The number of carbonyl (C=O) groups is 1. The van der Waals surface area contributed by atoms with Gasteiger partial charge in [-0.3, -0.25) is 0 Å². The zero-order chi connectivity index (χ0) is 10.6. The predicted molar refractivity (Wildman–Crippen MR) is 58.5 cm³/mol. The van der Waals surface area contributed by atoms with E-state index in [4.69, 9.17) is 11.6 Å². The van der Waals surface area contributed by atoms with Crippen molar-refractivity contribution in [2.75, 3.05) is 5.32 Å². The molecule has 1 aromatic rings. The lowest BCUT2D eigenvalue weighted by Gasteiger charge is -2.11. The molecular formula is C8H9BrClN3O. The maximum absolute atomic E-state index is 10.6. The van der Waals surface area contributed by atoms with Gasteiger partial charge < -0.3 is 10.1 Å². The average molecular weight is 279 g/mol. The van der Waals surface area contributed by atoms with E-state index in [1.165, 1.54) is 6.20 Å². The number of halogens is 2. The molecule has 1 N–H and O–H groups in total. The highest BCUT2D eigenvalue weighted by molar-refractivity contribution is 9.10. The van der Waals surface area contributed by atoms with Crippen LogP contribution in [-0.2, 0) is 4.79 Å². The van der Waals surface area contributed by atoms with Crippen LogP contribution in [0, 0.1) is 0 Å². The van der Waals surface area contributed by atoms with Gasteiger partial charge in [0.15, 0.2) is 0 Å². The van der Waals surface area contributed by atoms with Gasteiger partial charge in [-0.1, -0.05) is 6.92 Å². The standard InChI is InChI=1S/C8H9BrClN3O/c1-2-5(4-14)12-7-6(9)3-11-8(10)13-7/h3-5H,2H2,1H3,(H,11,12,13). The summed E-state index contributed by atoms with van der Waals surface area (Å²) in [6.07, 6.45) is 3.06. The second-order valence-corrected chi connectivity index (χ2v) is 3.82. The first-order valence-corrected chi connectivity index (χ1v) is 5.24. The summed E-state index contributed by atoms with van der Waals surface area (Å²) in [6, 6.07) is -0.253. The number of rotatable bonds is 4. The van der Waals surface area contributed by atoms with Crippen molar-refractivity contribution in [1.29, 1.82) is 0 Å². The molecule has 1 rings (SSSR count). The molecule has 0 saturated carbocycles. The average Bonchev–Trinajstić information content (AvgIpc) is 2.19. The van der Waals surface area contributed by atoms with E-state index in [-0.39, 0.29) is 11.3 Å². The summed E-state index contributed by atoms with van der Waals surface area (Å²) in [4.78, 5) is 18.3. The maximum Gasteiger partial charge on any atom is 0.224 e. The molecule has 0 amide bonds. The van der Waals surface area contributed by atoms with Crippen LogP contribution in [-0.4, -0.2) is 22.3 Å². The third kappa shape index (κ3) is 2.92. The van der Waals surface area contributed by atoms with Gasteiger partial charge >= 0.3 is 0 Å². The van der Waals surface area contributed by atoms with E-state index in [2.05, 4.69) is 31.2 Å². The number of aromatic nitrogens is 2. The summed E-state index contributed by atoms with van der Waals surface area (Å²) in [6.45, 7) is 1.91. The lowest BCUT2D eigenvalue weighted by molar-refractivity contribution is -0.108. The summed E-state index contributed by atoms with van der Waals surface area (Å²) in [5.74, 6) is 0.531. The summed E-state index contributed by atoms with van der Waals surface area (Å²) in [7, 11) is 0. The summed E-state index contributed by atoms with van der Waals surface area (Å²) in [5, 5.41) is 3.09. The Bertz CT molecular complexity index is 334. The van der Waals surface area contributed by atoms with Crippen molar-refractivity contribution < 1.29 is 4.79 Å². The lowest BCUT2D eigenvalue weighted by Crippen LogP contribution is -2.20. The molecule has 1 unspecified atom stereocenters. The minimum absolute atomic E-state index is 0.149. The van der Waals surface area contributed by atoms with Gasteiger partial charge in [-0.2, -0.15) is 4.98 Å². The number of nitrogens with zero attached hydrogens (tertiary/aromatic N) is 2. The third-order valence-corrected chi connectivity index (χ3v) is 2.40. The normalized spacial score (nSPS) is 12.2. The number of hydrogen-bond acceptors (Lipinski definition) is 4. The van der Waals surface area contributed by atoms with Crippen molar-refractivity contribution in [3.05, 3.63) is 16.0 Å². The number of hydrogen-bond donors (Lipinski definition) is 1. The van der Waals surface area contributed by atoms with E-state index in [1.54, 1.807) is 0 Å². The minimum Gasteiger partial charge on any atom is -0.359 e. The fourth-order valence-corrected chi connectivity index (χ4v) is 1.29. The van der Waals surface area contributed by atoms with Crippen molar-refractivity contribution in [3.8, 4) is 0 Å². The molecule has 0 spiro atoms. The van der Waals surface area contributed by atoms with Gasteiger partial charge in [-0.15, -0.1) is 0 Å². The number of anilines is 1. The predicted octanol–water partition coefficient (Wildman–Crippen LogP) is 2.28. The second kappa shape index (κ2) is 5.26. The Morgan fingerprint density at radius 1 is 1.79 bits per heavy atom. The van der Waals surface area contributed by atoms with Crippen LogP contribution < -0.4 is 5.32 Å². The Morgan fingerprint density at radius 3 is 3.07 bits per heavy atom. The highest BCUT2D eigenvalue weighted by Crippen LogP contribution is 2.20. The van der Waals surface area contributed by atoms with Crippen molar-refractivity contribution >= 4 is 39.6 Å². The van der Waals surface area contributed by atoms with Gasteiger partial charge in [0.25, 0.3) is 0 Å². The maximum atomic E-state index is 10.6. The third-order valence-electron chi connectivity index (χ3n) is 1.64. The highest BCUT2D eigenvalue weighted by Gasteiger charge is 2.08.